The van der Waals surface area contributed by atoms with E-state index in [2.05, 4.69) is 24.0 Å². The molecule has 0 radical (unpaired) electrons. The standard InChI is InChI=1S/C16H21NO2S/c1-11-8-12(2)16(13(3)9-11)14(18)10-15(20)17-4-6-19-7-5-17/h8-10,18H,4-7H2,1-3H3/b14-10-. The number of rotatable bonds is 2. The molecule has 1 N–H and O–H groups in total. The number of morpholine rings is 1. The molecule has 0 spiro atoms. The molecule has 0 aliphatic carbocycles. The maximum absolute atomic E-state index is 10.4. The molecule has 1 heterocycles. The molecule has 0 aromatic heterocycles. The van der Waals surface area contributed by atoms with E-state index in [0.717, 1.165) is 29.8 Å². The minimum absolute atomic E-state index is 0.247. The summed E-state index contributed by atoms with van der Waals surface area (Å²) in [6.45, 7) is 9.04. The van der Waals surface area contributed by atoms with E-state index in [9.17, 15) is 5.11 Å². The lowest BCUT2D eigenvalue weighted by molar-refractivity contribution is 0.0694. The van der Waals surface area contributed by atoms with E-state index < -0.39 is 0 Å². The predicted octanol–water partition coefficient (Wildman–Crippen LogP) is 3.17. The van der Waals surface area contributed by atoms with Crippen molar-refractivity contribution >= 4 is 23.0 Å². The summed E-state index contributed by atoms with van der Waals surface area (Å²) in [7, 11) is 0. The van der Waals surface area contributed by atoms with Gasteiger partial charge in [-0.3, -0.25) is 0 Å². The molecule has 1 aromatic rings. The Morgan fingerprint density at radius 1 is 1.20 bits per heavy atom. The molecule has 0 amide bonds. The average Bonchev–Trinajstić information content (AvgIpc) is 2.38. The summed E-state index contributed by atoms with van der Waals surface area (Å²) < 4.78 is 5.31. The summed E-state index contributed by atoms with van der Waals surface area (Å²) in [5.41, 5.74) is 4.22. The van der Waals surface area contributed by atoms with Crippen LogP contribution in [-0.2, 0) is 4.74 Å². The lowest BCUT2D eigenvalue weighted by Crippen LogP contribution is -2.39. The van der Waals surface area contributed by atoms with E-state index in [-0.39, 0.29) is 5.76 Å². The van der Waals surface area contributed by atoms with Crippen molar-refractivity contribution in [2.45, 2.75) is 20.8 Å². The molecule has 1 aliphatic heterocycles. The Bertz CT molecular complexity index is 522. The molecule has 108 valence electrons. The van der Waals surface area contributed by atoms with Crippen molar-refractivity contribution in [3.8, 4) is 0 Å². The van der Waals surface area contributed by atoms with Crippen molar-refractivity contribution in [3.63, 3.8) is 0 Å². The first-order chi connectivity index (χ1) is 9.49. The smallest absolute Gasteiger partial charge is 0.126 e. The number of aryl methyl sites for hydroxylation is 3. The number of nitrogens with zero attached hydrogens (tertiary/aromatic N) is 1. The van der Waals surface area contributed by atoms with Crippen LogP contribution in [0.4, 0.5) is 0 Å². The zero-order valence-electron chi connectivity index (χ0n) is 12.3. The second-order valence-corrected chi connectivity index (χ2v) is 5.66. The number of thiocarbonyl (C=S) groups is 1. The Kier molecular flexibility index (Phi) is 4.78. The highest BCUT2D eigenvalue weighted by Crippen LogP contribution is 2.23. The Balaban J connectivity index is 2.24. The zero-order valence-corrected chi connectivity index (χ0v) is 13.1. The monoisotopic (exact) mass is 291 g/mol. The Hall–Kier alpha value is -1.39. The van der Waals surface area contributed by atoms with Crippen LogP contribution in [0.1, 0.15) is 22.3 Å². The summed E-state index contributed by atoms with van der Waals surface area (Å²) >= 11 is 5.40. The summed E-state index contributed by atoms with van der Waals surface area (Å²) in [6, 6.07) is 4.15. The third kappa shape index (κ3) is 3.38. The van der Waals surface area contributed by atoms with Gasteiger partial charge in [-0.2, -0.15) is 0 Å². The van der Waals surface area contributed by atoms with Gasteiger partial charge in [0, 0.05) is 24.7 Å². The van der Waals surface area contributed by atoms with Crippen molar-refractivity contribution in [3.05, 3.63) is 40.5 Å². The molecule has 0 bridgehead atoms. The van der Waals surface area contributed by atoms with Crippen LogP contribution in [0.5, 0.6) is 0 Å². The van der Waals surface area contributed by atoms with E-state index in [1.165, 1.54) is 5.56 Å². The molecular formula is C16H21NO2S. The van der Waals surface area contributed by atoms with Crippen molar-refractivity contribution in [1.29, 1.82) is 0 Å². The molecule has 3 nitrogen and oxygen atoms in total. The number of ether oxygens (including phenoxy) is 1. The molecular weight excluding hydrogens is 270 g/mol. The van der Waals surface area contributed by atoms with Crippen LogP contribution in [0.2, 0.25) is 0 Å². The summed E-state index contributed by atoms with van der Waals surface area (Å²) in [6.07, 6.45) is 1.69. The number of aliphatic hydroxyl groups is 1. The minimum atomic E-state index is 0.247. The zero-order chi connectivity index (χ0) is 14.7. The van der Waals surface area contributed by atoms with Gasteiger partial charge in [-0.25, -0.2) is 0 Å². The highest BCUT2D eigenvalue weighted by Gasteiger charge is 2.14. The lowest BCUT2D eigenvalue weighted by atomic mass is 9.98. The molecule has 4 heteroatoms. The summed E-state index contributed by atoms with van der Waals surface area (Å²) in [5, 5.41) is 10.4. The van der Waals surface area contributed by atoms with Crippen molar-refractivity contribution < 1.29 is 9.84 Å². The van der Waals surface area contributed by atoms with E-state index in [0.29, 0.717) is 18.2 Å². The van der Waals surface area contributed by atoms with Gasteiger partial charge in [-0.15, -0.1) is 0 Å². The van der Waals surface area contributed by atoms with Gasteiger partial charge in [0.1, 0.15) is 10.7 Å². The van der Waals surface area contributed by atoms with Crippen molar-refractivity contribution in [1.82, 2.24) is 4.90 Å². The third-order valence-corrected chi connectivity index (χ3v) is 3.89. The van der Waals surface area contributed by atoms with Gasteiger partial charge < -0.3 is 14.7 Å². The number of hydrogen-bond donors (Lipinski definition) is 1. The fourth-order valence-corrected chi connectivity index (χ4v) is 2.94. The first kappa shape index (κ1) is 15.0. The van der Waals surface area contributed by atoms with Crippen LogP contribution in [0.15, 0.2) is 18.2 Å². The third-order valence-electron chi connectivity index (χ3n) is 3.52. The summed E-state index contributed by atoms with van der Waals surface area (Å²) in [5.74, 6) is 0.247. The van der Waals surface area contributed by atoms with Crippen LogP contribution in [0.25, 0.3) is 5.76 Å². The average molecular weight is 291 g/mol. The van der Waals surface area contributed by atoms with E-state index >= 15 is 0 Å². The predicted molar refractivity (Wildman–Crippen MR) is 86.2 cm³/mol. The van der Waals surface area contributed by atoms with Gasteiger partial charge in [0.25, 0.3) is 0 Å². The number of hydrogen-bond acceptors (Lipinski definition) is 3. The molecule has 20 heavy (non-hydrogen) atoms. The maximum Gasteiger partial charge on any atom is 0.126 e. The summed E-state index contributed by atoms with van der Waals surface area (Å²) in [4.78, 5) is 2.73. The van der Waals surface area contributed by atoms with Gasteiger partial charge in [0.05, 0.1) is 13.2 Å². The topological polar surface area (TPSA) is 32.7 Å². The van der Waals surface area contributed by atoms with Crippen LogP contribution in [0, 0.1) is 20.8 Å². The number of aliphatic hydroxyl groups excluding tert-OH is 1. The van der Waals surface area contributed by atoms with E-state index in [1.807, 2.05) is 13.8 Å². The second-order valence-electron chi connectivity index (χ2n) is 5.24. The Morgan fingerprint density at radius 2 is 1.75 bits per heavy atom. The van der Waals surface area contributed by atoms with Gasteiger partial charge in [-0.05, 0) is 31.9 Å². The Labute approximate surface area is 125 Å². The number of benzene rings is 1. The quantitative estimate of drug-likeness (QED) is 0.515. The first-order valence-corrected chi connectivity index (χ1v) is 7.25. The molecule has 0 saturated carbocycles. The van der Waals surface area contributed by atoms with Gasteiger partial charge in [0.15, 0.2) is 0 Å². The first-order valence-electron chi connectivity index (χ1n) is 6.84. The van der Waals surface area contributed by atoms with E-state index in [1.54, 1.807) is 6.08 Å². The SMILES string of the molecule is Cc1cc(C)c(/C(O)=C/C(=S)N2CCOCC2)c(C)c1. The fourth-order valence-electron chi connectivity index (χ4n) is 2.65. The molecule has 0 atom stereocenters. The van der Waals surface area contributed by atoms with Crippen LogP contribution >= 0.6 is 12.2 Å². The molecule has 0 unspecified atom stereocenters. The van der Waals surface area contributed by atoms with Gasteiger partial charge in [-0.1, -0.05) is 29.9 Å². The molecule has 1 aromatic carbocycles. The minimum Gasteiger partial charge on any atom is -0.507 e. The normalized spacial score (nSPS) is 16.4. The fraction of sp³-hybridized carbons (Fsp3) is 0.438. The van der Waals surface area contributed by atoms with Crippen molar-refractivity contribution in [2.75, 3.05) is 26.3 Å². The van der Waals surface area contributed by atoms with Crippen molar-refractivity contribution in [2.24, 2.45) is 0 Å². The van der Waals surface area contributed by atoms with Crippen LogP contribution < -0.4 is 0 Å². The highest BCUT2D eigenvalue weighted by atomic mass is 32.1. The molecule has 1 saturated heterocycles. The molecule has 1 fully saturated rings. The van der Waals surface area contributed by atoms with Gasteiger partial charge >= 0.3 is 0 Å². The molecule has 2 rings (SSSR count). The van der Waals surface area contributed by atoms with E-state index in [4.69, 9.17) is 17.0 Å². The second kappa shape index (κ2) is 6.37. The molecule has 1 aliphatic rings. The Morgan fingerprint density at radius 3 is 2.30 bits per heavy atom. The maximum atomic E-state index is 10.4. The highest BCUT2D eigenvalue weighted by molar-refractivity contribution is 7.80. The van der Waals surface area contributed by atoms with Crippen LogP contribution in [-0.4, -0.2) is 41.3 Å². The lowest BCUT2D eigenvalue weighted by Gasteiger charge is -2.28. The van der Waals surface area contributed by atoms with Crippen LogP contribution in [0.3, 0.4) is 0 Å². The van der Waals surface area contributed by atoms with Gasteiger partial charge in [0.2, 0.25) is 0 Å². The largest absolute Gasteiger partial charge is 0.507 e.